The Morgan fingerprint density at radius 3 is 2.32 bits per heavy atom. The van der Waals surface area contributed by atoms with Gasteiger partial charge in [0, 0.05) is 0 Å². The summed E-state index contributed by atoms with van der Waals surface area (Å²) in [6, 6.07) is 5.44. The van der Waals surface area contributed by atoms with Crippen molar-refractivity contribution in [3.05, 3.63) is 40.1 Å². The Morgan fingerprint density at radius 2 is 1.72 bits per heavy atom. The molecule has 10 heteroatoms. The molecule has 0 unspecified atom stereocenters. The zero-order valence-corrected chi connectivity index (χ0v) is 15.2. The number of carbonyl (C=O) groups is 2. The second kappa shape index (κ2) is 7.53. The number of nitrogens with one attached hydrogen (secondary N) is 1. The topological polar surface area (TPSA) is 108 Å². The van der Waals surface area contributed by atoms with Gasteiger partial charge in [-0.05, 0) is 29.6 Å². The molecule has 1 heterocycles. The van der Waals surface area contributed by atoms with E-state index in [9.17, 15) is 18.0 Å². The number of thiophene rings is 1. The Balaban J connectivity index is 2.46. The fourth-order valence-electron chi connectivity index (χ4n) is 1.98. The lowest BCUT2D eigenvalue weighted by Crippen LogP contribution is -2.16. The Bertz CT molecular complexity index is 902. The first-order valence-corrected chi connectivity index (χ1v) is 9.15. The maximum absolute atomic E-state index is 12.6. The molecule has 0 aliphatic carbocycles. The number of anilines is 1. The lowest BCUT2D eigenvalue weighted by atomic mass is 10.2. The smallest absolute Gasteiger partial charge is 0.349 e. The van der Waals surface area contributed by atoms with Gasteiger partial charge in [-0.25, -0.2) is 18.0 Å². The summed E-state index contributed by atoms with van der Waals surface area (Å²) < 4.78 is 41.9. The number of esters is 2. The van der Waals surface area contributed by atoms with E-state index in [1.807, 2.05) is 0 Å². The van der Waals surface area contributed by atoms with Crippen LogP contribution < -0.4 is 9.46 Å². The zero-order chi connectivity index (χ0) is 18.6. The average molecular weight is 385 g/mol. The number of methoxy groups -OCH3 is 3. The molecular formula is C15H15NO7S2. The van der Waals surface area contributed by atoms with E-state index < -0.39 is 22.0 Å². The van der Waals surface area contributed by atoms with Crippen molar-refractivity contribution >= 4 is 39.0 Å². The van der Waals surface area contributed by atoms with Crippen LogP contribution in [0.15, 0.2) is 34.5 Å². The minimum absolute atomic E-state index is 0.0346. The van der Waals surface area contributed by atoms with E-state index in [0.717, 1.165) is 18.4 Å². The summed E-state index contributed by atoms with van der Waals surface area (Å²) in [6.07, 6.45) is 0. The van der Waals surface area contributed by atoms with Gasteiger partial charge in [0.05, 0.1) is 32.6 Å². The highest BCUT2D eigenvalue weighted by Gasteiger charge is 2.26. The highest BCUT2D eigenvalue weighted by molar-refractivity contribution is 7.93. The van der Waals surface area contributed by atoms with Crippen LogP contribution in [0.4, 0.5) is 5.69 Å². The quantitative estimate of drug-likeness (QED) is 0.759. The molecule has 0 spiro atoms. The monoisotopic (exact) mass is 385 g/mol. The molecule has 0 amide bonds. The Kier molecular flexibility index (Phi) is 5.65. The third-order valence-corrected chi connectivity index (χ3v) is 5.59. The van der Waals surface area contributed by atoms with Gasteiger partial charge in [-0.2, -0.15) is 0 Å². The molecule has 0 radical (unpaired) electrons. The standard InChI is InChI=1S/C15H15NO7S2/c1-21-11-5-4-9(14(17)22-2)8-10(11)16-25(19,20)12-6-7-24-13(12)15(18)23-3/h4-8,16H,1-3H3. The Morgan fingerprint density at radius 1 is 1.04 bits per heavy atom. The van der Waals surface area contributed by atoms with E-state index in [-0.39, 0.29) is 26.8 Å². The first-order chi connectivity index (χ1) is 11.8. The first kappa shape index (κ1) is 18.7. The molecule has 0 fully saturated rings. The predicted molar refractivity (Wildman–Crippen MR) is 90.8 cm³/mol. The number of hydrogen-bond acceptors (Lipinski definition) is 8. The van der Waals surface area contributed by atoms with Crippen LogP contribution in [0.25, 0.3) is 0 Å². The summed E-state index contributed by atoms with van der Waals surface area (Å²) in [5.41, 5.74) is 0.173. The van der Waals surface area contributed by atoms with Crippen LogP contribution >= 0.6 is 11.3 Å². The van der Waals surface area contributed by atoms with Crippen molar-refractivity contribution in [1.82, 2.24) is 0 Å². The second-order valence-electron chi connectivity index (χ2n) is 4.62. The maximum atomic E-state index is 12.6. The van der Waals surface area contributed by atoms with Gasteiger partial charge >= 0.3 is 11.9 Å². The summed E-state index contributed by atoms with van der Waals surface area (Å²) in [4.78, 5) is 23.1. The molecule has 0 saturated heterocycles. The van der Waals surface area contributed by atoms with Crippen molar-refractivity contribution in [2.75, 3.05) is 26.1 Å². The third kappa shape index (κ3) is 3.91. The molecule has 25 heavy (non-hydrogen) atoms. The molecule has 0 aliphatic rings. The van der Waals surface area contributed by atoms with Crippen LogP contribution in [0.5, 0.6) is 5.75 Å². The van der Waals surface area contributed by atoms with Crippen molar-refractivity contribution in [3.8, 4) is 5.75 Å². The lowest BCUT2D eigenvalue weighted by Gasteiger charge is -2.13. The van der Waals surface area contributed by atoms with Gasteiger partial charge in [-0.1, -0.05) is 0 Å². The van der Waals surface area contributed by atoms with Gasteiger partial charge in [0.15, 0.2) is 0 Å². The molecule has 2 aromatic rings. The van der Waals surface area contributed by atoms with Crippen LogP contribution in [0.2, 0.25) is 0 Å². The van der Waals surface area contributed by atoms with Crippen molar-refractivity contribution in [2.24, 2.45) is 0 Å². The Hall–Kier alpha value is -2.59. The van der Waals surface area contributed by atoms with Crippen LogP contribution in [0.3, 0.4) is 0 Å². The minimum Gasteiger partial charge on any atom is -0.495 e. The average Bonchev–Trinajstić information content (AvgIpc) is 3.10. The summed E-state index contributed by atoms with van der Waals surface area (Å²) in [7, 11) is -0.379. The van der Waals surface area contributed by atoms with Gasteiger partial charge in [0.25, 0.3) is 10.0 Å². The van der Waals surface area contributed by atoms with Crippen molar-refractivity contribution in [1.29, 1.82) is 0 Å². The highest BCUT2D eigenvalue weighted by Crippen LogP contribution is 2.30. The first-order valence-electron chi connectivity index (χ1n) is 6.79. The summed E-state index contributed by atoms with van der Waals surface area (Å²) >= 11 is 0.942. The summed E-state index contributed by atoms with van der Waals surface area (Å²) in [6.45, 7) is 0. The van der Waals surface area contributed by atoms with Crippen molar-refractivity contribution in [3.63, 3.8) is 0 Å². The molecule has 1 N–H and O–H groups in total. The predicted octanol–water partition coefficient (Wildman–Crippen LogP) is 2.13. The van der Waals surface area contributed by atoms with Gasteiger partial charge in [0.2, 0.25) is 0 Å². The molecule has 0 saturated carbocycles. The Labute approximate surface area is 148 Å². The van der Waals surface area contributed by atoms with E-state index in [1.165, 1.54) is 43.9 Å². The fourth-order valence-corrected chi connectivity index (χ4v) is 4.38. The zero-order valence-electron chi connectivity index (χ0n) is 13.6. The van der Waals surface area contributed by atoms with Crippen LogP contribution in [0, 0.1) is 0 Å². The molecule has 1 aromatic heterocycles. The van der Waals surface area contributed by atoms with Gasteiger partial charge in [0.1, 0.15) is 15.5 Å². The molecule has 134 valence electrons. The molecule has 0 bridgehead atoms. The molecule has 2 rings (SSSR count). The largest absolute Gasteiger partial charge is 0.495 e. The molecular weight excluding hydrogens is 370 g/mol. The van der Waals surface area contributed by atoms with Gasteiger partial charge in [-0.15, -0.1) is 11.3 Å². The van der Waals surface area contributed by atoms with Gasteiger partial charge < -0.3 is 14.2 Å². The highest BCUT2D eigenvalue weighted by atomic mass is 32.2. The van der Waals surface area contributed by atoms with Crippen LogP contribution in [0.1, 0.15) is 20.0 Å². The second-order valence-corrected chi connectivity index (χ2v) is 7.18. The summed E-state index contributed by atoms with van der Waals surface area (Å²) in [5, 5.41) is 1.46. The normalized spacial score (nSPS) is 10.8. The van der Waals surface area contributed by atoms with E-state index in [4.69, 9.17) is 4.74 Å². The number of rotatable bonds is 6. The number of ether oxygens (including phenoxy) is 3. The number of benzene rings is 1. The number of hydrogen-bond donors (Lipinski definition) is 1. The van der Waals surface area contributed by atoms with Crippen LogP contribution in [-0.4, -0.2) is 41.7 Å². The van der Waals surface area contributed by atoms with E-state index in [0.29, 0.717) is 0 Å². The molecule has 1 aromatic carbocycles. The molecule has 0 aliphatic heterocycles. The van der Waals surface area contributed by atoms with Crippen molar-refractivity contribution < 1.29 is 32.2 Å². The number of carbonyl (C=O) groups excluding carboxylic acids is 2. The van der Waals surface area contributed by atoms with E-state index in [1.54, 1.807) is 0 Å². The number of sulfonamides is 1. The SMILES string of the molecule is COC(=O)c1ccc(OC)c(NS(=O)(=O)c2ccsc2C(=O)OC)c1. The third-order valence-electron chi connectivity index (χ3n) is 3.15. The van der Waals surface area contributed by atoms with E-state index in [2.05, 4.69) is 14.2 Å². The van der Waals surface area contributed by atoms with Crippen LogP contribution in [-0.2, 0) is 19.5 Å². The molecule has 8 nitrogen and oxygen atoms in total. The van der Waals surface area contributed by atoms with Crippen molar-refractivity contribution in [2.45, 2.75) is 4.90 Å². The molecule has 0 atom stereocenters. The summed E-state index contributed by atoms with van der Waals surface area (Å²) in [5.74, 6) is -1.19. The van der Waals surface area contributed by atoms with E-state index >= 15 is 0 Å². The fraction of sp³-hybridized carbons (Fsp3) is 0.200. The van der Waals surface area contributed by atoms with Gasteiger partial charge in [-0.3, -0.25) is 4.72 Å². The minimum atomic E-state index is -4.11. The maximum Gasteiger partial charge on any atom is 0.349 e. The lowest BCUT2D eigenvalue weighted by molar-refractivity contribution is 0.0592.